The predicted molar refractivity (Wildman–Crippen MR) is 33.6 cm³/mol. The molecule has 0 aromatic carbocycles. The second-order valence-electron chi connectivity index (χ2n) is 1.05. The van der Waals surface area contributed by atoms with Gasteiger partial charge in [0.2, 0.25) is 0 Å². The molecular weight excluding hydrogens is 104 g/mol. The molecule has 44 valence electrons. The van der Waals surface area contributed by atoms with Crippen LogP contribution >= 0.6 is 0 Å². The highest BCUT2D eigenvalue weighted by molar-refractivity contribution is 5.75. The molecule has 0 aromatic heterocycles. The molecule has 0 aliphatic carbocycles. The highest BCUT2D eigenvalue weighted by atomic mass is 16.3. The maximum atomic E-state index is 8.53. The fraction of sp³-hybridized carbons (Fsp3) is 0. The van der Waals surface area contributed by atoms with Crippen molar-refractivity contribution >= 4 is 6.21 Å². The van der Waals surface area contributed by atoms with Gasteiger partial charge < -0.3 is 10.8 Å². The average molecular weight is 112 g/mol. The highest BCUT2D eigenvalue weighted by Crippen LogP contribution is 1.76. The summed E-state index contributed by atoms with van der Waals surface area (Å²) >= 11 is 0. The Morgan fingerprint density at radius 1 is 1.75 bits per heavy atom. The molecule has 0 rings (SSSR count). The van der Waals surface area contributed by atoms with Gasteiger partial charge in [-0.2, -0.15) is 0 Å². The second-order valence-corrected chi connectivity index (χ2v) is 1.05. The van der Waals surface area contributed by atoms with Crippen molar-refractivity contribution in [3.8, 4) is 0 Å². The summed E-state index contributed by atoms with van der Waals surface area (Å²) in [6.07, 6.45) is 3.56. The molecule has 0 radical (unpaired) electrons. The number of hydrogen-bond acceptors (Lipinski definition) is 3. The van der Waals surface area contributed by atoms with E-state index in [0.29, 0.717) is 0 Å². The Morgan fingerprint density at radius 2 is 2.38 bits per heavy atom. The summed E-state index contributed by atoms with van der Waals surface area (Å²) in [5.41, 5.74) is 4.88. The molecule has 0 aliphatic rings. The Balaban J connectivity index is 3.69. The molecule has 0 unspecified atom stereocenters. The monoisotopic (exact) mass is 112 g/mol. The Bertz CT molecular complexity index is 126. The zero-order valence-corrected chi connectivity index (χ0v) is 4.41. The lowest BCUT2D eigenvalue weighted by Crippen LogP contribution is -1.87. The minimum absolute atomic E-state index is 0.0649. The summed E-state index contributed by atoms with van der Waals surface area (Å²) in [6, 6.07) is 0. The molecule has 0 heterocycles. The van der Waals surface area contributed by atoms with Gasteiger partial charge in [-0.05, 0) is 0 Å². The van der Waals surface area contributed by atoms with Crippen LogP contribution in [-0.4, -0.2) is 11.3 Å². The summed E-state index contributed by atoms with van der Waals surface area (Å²) in [5.74, 6) is -0.0649. The first kappa shape index (κ1) is 6.75. The van der Waals surface area contributed by atoms with Crippen LogP contribution in [-0.2, 0) is 0 Å². The third-order valence-corrected chi connectivity index (χ3v) is 0.483. The lowest BCUT2D eigenvalue weighted by molar-refractivity contribution is 0.445. The molecule has 0 saturated carbocycles. The van der Waals surface area contributed by atoms with Gasteiger partial charge in [0.05, 0.1) is 6.21 Å². The molecule has 0 fully saturated rings. The van der Waals surface area contributed by atoms with E-state index >= 15 is 0 Å². The number of hydrogen-bond donors (Lipinski definition) is 2. The molecule has 0 aromatic rings. The van der Waals surface area contributed by atoms with Crippen LogP contribution in [0.15, 0.2) is 29.7 Å². The van der Waals surface area contributed by atoms with Crippen molar-refractivity contribution < 1.29 is 5.11 Å². The van der Waals surface area contributed by atoms with E-state index in [4.69, 9.17) is 10.8 Å². The fourth-order valence-corrected chi connectivity index (χ4v) is 0.172. The van der Waals surface area contributed by atoms with Crippen molar-refractivity contribution in [2.24, 2.45) is 10.7 Å². The Hall–Kier alpha value is -1.25. The maximum absolute atomic E-state index is 8.53. The zero-order valence-electron chi connectivity index (χ0n) is 4.41. The van der Waals surface area contributed by atoms with Crippen molar-refractivity contribution in [3.63, 3.8) is 0 Å². The minimum atomic E-state index is -0.0649. The van der Waals surface area contributed by atoms with Gasteiger partial charge in [0.15, 0.2) is 0 Å². The summed E-state index contributed by atoms with van der Waals surface area (Å²) in [4.78, 5) is 3.48. The van der Waals surface area contributed by atoms with Gasteiger partial charge in [0, 0.05) is 12.4 Å². The first-order valence-electron chi connectivity index (χ1n) is 2.06. The summed E-state index contributed by atoms with van der Waals surface area (Å²) in [7, 11) is 0. The molecule has 0 amide bonds. The molecule has 3 nitrogen and oxygen atoms in total. The van der Waals surface area contributed by atoms with Crippen LogP contribution < -0.4 is 5.73 Å². The van der Waals surface area contributed by atoms with Crippen molar-refractivity contribution in [2.45, 2.75) is 0 Å². The van der Waals surface area contributed by atoms with Gasteiger partial charge in [-0.25, -0.2) is 0 Å². The van der Waals surface area contributed by atoms with Gasteiger partial charge in [0.25, 0.3) is 0 Å². The Labute approximate surface area is 47.8 Å². The number of aliphatic hydroxyl groups is 1. The molecule has 0 saturated heterocycles. The van der Waals surface area contributed by atoms with Gasteiger partial charge in [-0.15, -0.1) is 0 Å². The summed E-state index contributed by atoms with van der Waals surface area (Å²) in [6.45, 7) is 3.29. The van der Waals surface area contributed by atoms with Gasteiger partial charge in [-0.3, -0.25) is 4.99 Å². The van der Waals surface area contributed by atoms with E-state index in [2.05, 4.69) is 11.6 Å². The molecule has 0 bridgehead atoms. The van der Waals surface area contributed by atoms with Gasteiger partial charge >= 0.3 is 0 Å². The van der Waals surface area contributed by atoms with Crippen LogP contribution in [0.2, 0.25) is 0 Å². The number of rotatable bonds is 2. The lowest BCUT2D eigenvalue weighted by atomic mass is 10.6. The van der Waals surface area contributed by atoms with Crippen LogP contribution in [0.25, 0.3) is 0 Å². The van der Waals surface area contributed by atoms with Crippen LogP contribution in [0.1, 0.15) is 0 Å². The number of allylic oxidation sites excluding steroid dienone is 1. The third kappa shape index (κ3) is 2.96. The van der Waals surface area contributed by atoms with Crippen molar-refractivity contribution in [1.29, 1.82) is 0 Å². The SMILES string of the molecule is C=C/N=C\C(O)=C/N. The fourth-order valence-electron chi connectivity index (χ4n) is 0.172. The Kier molecular flexibility index (Phi) is 3.31. The molecule has 0 spiro atoms. The van der Waals surface area contributed by atoms with Crippen molar-refractivity contribution in [3.05, 3.63) is 24.7 Å². The summed E-state index contributed by atoms with van der Waals surface area (Å²) in [5, 5.41) is 8.53. The minimum Gasteiger partial charge on any atom is -0.505 e. The molecule has 0 aliphatic heterocycles. The molecular formula is C5H8N2O. The highest BCUT2D eigenvalue weighted by Gasteiger charge is 1.76. The van der Waals surface area contributed by atoms with E-state index in [1.165, 1.54) is 12.4 Å². The van der Waals surface area contributed by atoms with Crippen molar-refractivity contribution in [2.75, 3.05) is 0 Å². The first-order chi connectivity index (χ1) is 3.81. The molecule has 3 heteroatoms. The first-order valence-corrected chi connectivity index (χ1v) is 2.06. The van der Waals surface area contributed by atoms with E-state index in [9.17, 15) is 0 Å². The third-order valence-electron chi connectivity index (χ3n) is 0.483. The predicted octanol–water partition coefficient (Wildman–Crippen LogP) is 0.559. The van der Waals surface area contributed by atoms with Gasteiger partial charge in [0.1, 0.15) is 5.76 Å². The topological polar surface area (TPSA) is 58.6 Å². The standard InChI is InChI=1S/C5H8N2O/c1-2-7-4-5(8)3-6/h2-4,8H,1,6H2/b5-3+,7-4-. The second kappa shape index (κ2) is 3.92. The van der Waals surface area contributed by atoms with Crippen LogP contribution in [0.5, 0.6) is 0 Å². The number of nitrogens with two attached hydrogens (primary N) is 1. The molecule has 3 N–H and O–H groups in total. The maximum Gasteiger partial charge on any atom is 0.149 e. The van der Waals surface area contributed by atoms with Crippen LogP contribution in [0.4, 0.5) is 0 Å². The number of aliphatic imine (C=N–C) groups is 1. The van der Waals surface area contributed by atoms with Crippen molar-refractivity contribution in [1.82, 2.24) is 0 Å². The van der Waals surface area contributed by atoms with E-state index in [0.717, 1.165) is 6.20 Å². The van der Waals surface area contributed by atoms with Gasteiger partial charge in [-0.1, -0.05) is 6.58 Å². The largest absolute Gasteiger partial charge is 0.505 e. The van der Waals surface area contributed by atoms with E-state index < -0.39 is 0 Å². The number of nitrogens with zero attached hydrogens (tertiary/aromatic N) is 1. The summed E-state index contributed by atoms with van der Waals surface area (Å²) < 4.78 is 0. The van der Waals surface area contributed by atoms with Crippen LogP contribution in [0.3, 0.4) is 0 Å². The quantitative estimate of drug-likeness (QED) is 0.405. The smallest absolute Gasteiger partial charge is 0.149 e. The van der Waals surface area contributed by atoms with Crippen LogP contribution in [0, 0.1) is 0 Å². The lowest BCUT2D eigenvalue weighted by Gasteiger charge is -1.81. The normalized spacial score (nSPS) is 12.2. The zero-order chi connectivity index (χ0) is 6.41. The Morgan fingerprint density at radius 3 is 2.75 bits per heavy atom. The molecule has 0 atom stereocenters. The average Bonchev–Trinajstić information content (AvgIpc) is 1.83. The number of aliphatic hydroxyl groups excluding tert-OH is 1. The van der Waals surface area contributed by atoms with E-state index in [-0.39, 0.29) is 5.76 Å². The van der Waals surface area contributed by atoms with E-state index in [1.807, 2.05) is 0 Å². The van der Waals surface area contributed by atoms with E-state index in [1.54, 1.807) is 0 Å². The molecule has 8 heavy (non-hydrogen) atoms.